The lowest BCUT2D eigenvalue weighted by molar-refractivity contribution is -0.144. The summed E-state index contributed by atoms with van der Waals surface area (Å²) in [5.41, 5.74) is -0.186. The van der Waals surface area contributed by atoms with Gasteiger partial charge >= 0.3 is 5.97 Å². The molecule has 5 nitrogen and oxygen atoms in total. The van der Waals surface area contributed by atoms with Crippen LogP contribution in [0.2, 0.25) is 0 Å². The fourth-order valence-electron chi connectivity index (χ4n) is 1.79. The maximum absolute atomic E-state index is 10.9. The predicted octanol–water partition coefficient (Wildman–Crippen LogP) is 0.881. The summed E-state index contributed by atoms with van der Waals surface area (Å²) < 4.78 is 11.0. The molecule has 0 aromatic carbocycles. The van der Waals surface area contributed by atoms with Gasteiger partial charge in [-0.2, -0.15) is 0 Å². The molecule has 1 heterocycles. The second kappa shape index (κ2) is 6.33. The molecular weight excluding hydrogens is 222 g/mol. The fourth-order valence-corrected chi connectivity index (χ4v) is 1.79. The van der Waals surface area contributed by atoms with Crippen molar-refractivity contribution in [3.63, 3.8) is 0 Å². The summed E-state index contributed by atoms with van der Waals surface area (Å²) in [7, 11) is 1.68. The first-order chi connectivity index (χ1) is 7.94. The van der Waals surface area contributed by atoms with E-state index in [1.165, 1.54) is 0 Å². The number of carboxylic acids is 1. The summed E-state index contributed by atoms with van der Waals surface area (Å²) in [4.78, 5) is 10.9. The quantitative estimate of drug-likeness (QED) is 0.727. The maximum Gasteiger partial charge on any atom is 0.307 e. The number of methoxy groups -OCH3 is 1. The van der Waals surface area contributed by atoms with Crippen LogP contribution in [0.5, 0.6) is 0 Å². The summed E-state index contributed by atoms with van der Waals surface area (Å²) >= 11 is 0. The molecule has 0 aliphatic carbocycles. The molecule has 0 bridgehead atoms. The monoisotopic (exact) mass is 245 g/mol. The Kier molecular flexibility index (Phi) is 5.36. The summed E-state index contributed by atoms with van der Waals surface area (Å²) in [5, 5.41) is 12.0. The Morgan fingerprint density at radius 1 is 1.47 bits per heavy atom. The molecule has 5 heteroatoms. The standard InChI is InChI=1S/C12H23NO4/c1-12(2,16-3)4-5-17-10-6-9(11(14)15)7-13-8-10/h9-10,13H,4-8H2,1-3H3,(H,14,15). The van der Waals surface area contributed by atoms with Crippen LogP contribution in [0.1, 0.15) is 26.7 Å². The minimum atomic E-state index is -0.747. The van der Waals surface area contributed by atoms with Crippen LogP contribution in [0.3, 0.4) is 0 Å². The van der Waals surface area contributed by atoms with Crippen LogP contribution in [0.25, 0.3) is 0 Å². The smallest absolute Gasteiger partial charge is 0.307 e. The van der Waals surface area contributed by atoms with Gasteiger partial charge in [0.25, 0.3) is 0 Å². The van der Waals surface area contributed by atoms with Gasteiger partial charge in [-0.25, -0.2) is 0 Å². The van der Waals surface area contributed by atoms with Crippen molar-refractivity contribution in [2.45, 2.75) is 38.4 Å². The lowest BCUT2D eigenvalue weighted by Crippen LogP contribution is -2.44. The van der Waals surface area contributed by atoms with Gasteiger partial charge in [-0.1, -0.05) is 0 Å². The molecule has 17 heavy (non-hydrogen) atoms. The second-order valence-electron chi connectivity index (χ2n) is 5.14. The number of carbonyl (C=O) groups is 1. The normalized spacial score (nSPS) is 25.8. The fraction of sp³-hybridized carbons (Fsp3) is 0.917. The van der Waals surface area contributed by atoms with Crippen LogP contribution in [-0.2, 0) is 14.3 Å². The van der Waals surface area contributed by atoms with E-state index in [0.29, 0.717) is 19.6 Å². The summed E-state index contributed by atoms with van der Waals surface area (Å²) in [6.07, 6.45) is 1.39. The van der Waals surface area contributed by atoms with Gasteiger partial charge in [-0.05, 0) is 26.7 Å². The highest BCUT2D eigenvalue weighted by molar-refractivity contribution is 5.70. The Bertz CT molecular complexity index is 255. The summed E-state index contributed by atoms with van der Waals surface area (Å²) in [6, 6.07) is 0. The number of carboxylic acid groups (broad SMARTS) is 1. The third kappa shape index (κ3) is 5.02. The van der Waals surface area contributed by atoms with Gasteiger partial charge in [0.05, 0.1) is 17.6 Å². The van der Waals surface area contributed by atoms with Gasteiger partial charge in [-0.15, -0.1) is 0 Å². The van der Waals surface area contributed by atoms with Crippen molar-refractivity contribution in [2.75, 3.05) is 26.8 Å². The average Bonchev–Trinajstić information content (AvgIpc) is 2.29. The van der Waals surface area contributed by atoms with Crippen molar-refractivity contribution < 1.29 is 19.4 Å². The van der Waals surface area contributed by atoms with Crippen molar-refractivity contribution in [1.29, 1.82) is 0 Å². The Balaban J connectivity index is 2.25. The van der Waals surface area contributed by atoms with Crippen LogP contribution in [-0.4, -0.2) is 49.6 Å². The Morgan fingerprint density at radius 2 is 2.18 bits per heavy atom. The van der Waals surface area contributed by atoms with Crippen molar-refractivity contribution >= 4 is 5.97 Å². The minimum Gasteiger partial charge on any atom is -0.481 e. The third-order valence-electron chi connectivity index (χ3n) is 3.27. The first kappa shape index (κ1) is 14.4. The molecule has 0 aromatic heterocycles. The highest BCUT2D eigenvalue weighted by Gasteiger charge is 2.27. The molecule has 1 saturated heterocycles. The van der Waals surface area contributed by atoms with E-state index < -0.39 is 5.97 Å². The van der Waals surface area contributed by atoms with E-state index in [0.717, 1.165) is 13.0 Å². The zero-order chi connectivity index (χ0) is 12.9. The van der Waals surface area contributed by atoms with E-state index in [1.807, 2.05) is 13.8 Å². The molecule has 0 aromatic rings. The van der Waals surface area contributed by atoms with Crippen molar-refractivity contribution in [3.05, 3.63) is 0 Å². The Morgan fingerprint density at radius 3 is 2.76 bits per heavy atom. The third-order valence-corrected chi connectivity index (χ3v) is 3.27. The lowest BCUT2D eigenvalue weighted by Gasteiger charge is -2.29. The molecule has 0 saturated carbocycles. The van der Waals surface area contributed by atoms with Gasteiger partial charge < -0.3 is 19.9 Å². The molecule has 1 aliphatic heterocycles. The van der Waals surface area contributed by atoms with Crippen molar-refractivity contribution in [3.8, 4) is 0 Å². The second-order valence-corrected chi connectivity index (χ2v) is 5.14. The number of hydrogen-bond acceptors (Lipinski definition) is 4. The highest BCUT2D eigenvalue weighted by atomic mass is 16.5. The molecule has 1 aliphatic rings. The molecule has 0 spiro atoms. The molecule has 2 unspecified atom stereocenters. The average molecular weight is 245 g/mol. The zero-order valence-corrected chi connectivity index (χ0v) is 10.9. The van der Waals surface area contributed by atoms with E-state index in [2.05, 4.69) is 5.32 Å². The summed E-state index contributed by atoms with van der Waals surface area (Å²) in [6.45, 7) is 5.89. The number of piperidine rings is 1. The van der Waals surface area contributed by atoms with Gasteiger partial charge in [0.1, 0.15) is 0 Å². The van der Waals surface area contributed by atoms with E-state index >= 15 is 0 Å². The van der Waals surface area contributed by atoms with Gasteiger partial charge in [-0.3, -0.25) is 4.79 Å². The maximum atomic E-state index is 10.9. The van der Waals surface area contributed by atoms with E-state index in [4.69, 9.17) is 14.6 Å². The molecule has 100 valence electrons. The molecular formula is C12H23NO4. The molecule has 2 N–H and O–H groups in total. The highest BCUT2D eigenvalue weighted by Crippen LogP contribution is 2.17. The van der Waals surface area contributed by atoms with E-state index in [1.54, 1.807) is 7.11 Å². The number of hydrogen-bond donors (Lipinski definition) is 2. The number of nitrogens with one attached hydrogen (secondary N) is 1. The molecule has 2 atom stereocenters. The first-order valence-electron chi connectivity index (χ1n) is 6.05. The van der Waals surface area contributed by atoms with Crippen LogP contribution in [0.4, 0.5) is 0 Å². The molecule has 0 radical (unpaired) electrons. The molecule has 1 rings (SSSR count). The van der Waals surface area contributed by atoms with E-state index in [-0.39, 0.29) is 17.6 Å². The molecule has 0 amide bonds. The predicted molar refractivity (Wildman–Crippen MR) is 64.1 cm³/mol. The van der Waals surface area contributed by atoms with Crippen LogP contribution >= 0.6 is 0 Å². The minimum absolute atomic E-state index is 0.00231. The number of ether oxygens (including phenoxy) is 2. The lowest BCUT2D eigenvalue weighted by atomic mass is 9.97. The first-order valence-corrected chi connectivity index (χ1v) is 6.05. The topological polar surface area (TPSA) is 67.8 Å². The van der Waals surface area contributed by atoms with Gasteiger partial charge in [0, 0.05) is 26.8 Å². The zero-order valence-electron chi connectivity index (χ0n) is 10.9. The Hall–Kier alpha value is -0.650. The van der Waals surface area contributed by atoms with Crippen LogP contribution in [0, 0.1) is 5.92 Å². The van der Waals surface area contributed by atoms with Crippen molar-refractivity contribution in [2.24, 2.45) is 5.92 Å². The number of rotatable bonds is 6. The van der Waals surface area contributed by atoms with Gasteiger partial charge in [0.2, 0.25) is 0 Å². The Labute approximate surface area is 102 Å². The largest absolute Gasteiger partial charge is 0.481 e. The SMILES string of the molecule is COC(C)(C)CCOC1CNCC(C(=O)O)C1. The van der Waals surface area contributed by atoms with Crippen molar-refractivity contribution in [1.82, 2.24) is 5.32 Å². The number of aliphatic carboxylic acids is 1. The van der Waals surface area contributed by atoms with E-state index in [9.17, 15) is 4.79 Å². The van der Waals surface area contributed by atoms with Crippen LogP contribution < -0.4 is 5.32 Å². The molecule has 1 fully saturated rings. The summed E-state index contributed by atoms with van der Waals surface area (Å²) in [5.74, 6) is -1.08. The van der Waals surface area contributed by atoms with Crippen LogP contribution in [0.15, 0.2) is 0 Å². The van der Waals surface area contributed by atoms with Gasteiger partial charge in [0.15, 0.2) is 0 Å².